The molecule has 2 heterocycles. The summed E-state index contributed by atoms with van der Waals surface area (Å²) in [5, 5.41) is 8.05. The lowest BCUT2D eigenvalue weighted by Gasteiger charge is -2.04. The lowest BCUT2D eigenvalue weighted by molar-refractivity contribution is 0.965. The van der Waals surface area contributed by atoms with Crippen LogP contribution in [0.4, 0.5) is 0 Å². The molecule has 5 nitrogen and oxygen atoms in total. The van der Waals surface area contributed by atoms with Crippen LogP contribution >= 0.6 is 11.3 Å². The smallest absolute Gasteiger partial charge is 0.270 e. The van der Waals surface area contributed by atoms with Gasteiger partial charge >= 0.3 is 0 Å². The summed E-state index contributed by atoms with van der Waals surface area (Å²) in [7, 11) is 0. The predicted octanol–water partition coefficient (Wildman–Crippen LogP) is 1.87. The third-order valence-corrected chi connectivity index (χ3v) is 3.83. The highest BCUT2D eigenvalue weighted by Crippen LogP contribution is 2.16. The van der Waals surface area contributed by atoms with Crippen molar-refractivity contribution in [3.63, 3.8) is 0 Å². The number of hydrogen-bond acceptors (Lipinski definition) is 4. The summed E-state index contributed by atoms with van der Waals surface area (Å²) in [5.74, 6) is 0.552. The number of H-pyrrole nitrogens is 1. The Morgan fingerprint density at radius 3 is 2.63 bits per heavy atom. The van der Waals surface area contributed by atoms with Gasteiger partial charge in [0.15, 0.2) is 10.4 Å². The second kappa shape index (κ2) is 4.17. The summed E-state index contributed by atoms with van der Waals surface area (Å²) in [4.78, 5) is 19.2. The molecule has 0 unspecified atom stereocenters. The number of thiazole rings is 1. The van der Waals surface area contributed by atoms with Gasteiger partial charge in [0.2, 0.25) is 0 Å². The van der Waals surface area contributed by atoms with Gasteiger partial charge in [-0.3, -0.25) is 14.8 Å². The maximum Gasteiger partial charge on any atom is 0.270 e. The van der Waals surface area contributed by atoms with Crippen LogP contribution in [0.3, 0.4) is 0 Å². The van der Waals surface area contributed by atoms with Crippen molar-refractivity contribution in [2.75, 3.05) is 0 Å². The van der Waals surface area contributed by atoms with Crippen LogP contribution in [0.5, 0.6) is 0 Å². The average molecular weight is 272 g/mol. The monoisotopic (exact) mass is 272 g/mol. The summed E-state index contributed by atoms with van der Waals surface area (Å²) >= 11 is 1.14. The standard InChI is InChI=1S/C13H12N4OS/c1-7-3-5-9(6-4-7)17-11-10(19-13(17)14)12(18)16-8(2)15-11/h3-6,14H,1-2H3,(H,15,16,18). The number of benzene rings is 1. The Morgan fingerprint density at radius 1 is 1.26 bits per heavy atom. The molecule has 2 N–H and O–H groups in total. The molecule has 0 aliphatic rings. The first-order valence-corrected chi connectivity index (χ1v) is 6.62. The molecule has 1 aromatic carbocycles. The Labute approximate surface area is 112 Å². The second-order valence-electron chi connectivity index (χ2n) is 4.38. The van der Waals surface area contributed by atoms with Crippen LogP contribution in [0.25, 0.3) is 16.0 Å². The van der Waals surface area contributed by atoms with Gasteiger partial charge in [0, 0.05) is 5.69 Å². The lowest BCUT2D eigenvalue weighted by Crippen LogP contribution is -2.13. The second-order valence-corrected chi connectivity index (χ2v) is 5.38. The van der Waals surface area contributed by atoms with Crippen LogP contribution in [0.1, 0.15) is 11.4 Å². The van der Waals surface area contributed by atoms with E-state index in [9.17, 15) is 4.79 Å². The third kappa shape index (κ3) is 1.90. The fraction of sp³-hybridized carbons (Fsp3) is 0.154. The van der Waals surface area contributed by atoms with E-state index in [0.29, 0.717) is 21.0 Å². The van der Waals surface area contributed by atoms with E-state index >= 15 is 0 Å². The van der Waals surface area contributed by atoms with Crippen molar-refractivity contribution in [2.24, 2.45) is 0 Å². The van der Waals surface area contributed by atoms with Crippen molar-refractivity contribution in [3.05, 3.63) is 50.8 Å². The molecular weight excluding hydrogens is 260 g/mol. The molecule has 0 fully saturated rings. The minimum atomic E-state index is -0.188. The number of aromatic amines is 1. The quantitative estimate of drug-likeness (QED) is 0.709. The number of hydrogen-bond donors (Lipinski definition) is 2. The first-order chi connectivity index (χ1) is 9.06. The molecular formula is C13H12N4OS. The lowest BCUT2D eigenvalue weighted by atomic mass is 10.2. The van der Waals surface area contributed by atoms with Gasteiger partial charge in [0.1, 0.15) is 10.5 Å². The molecule has 3 aromatic rings. The number of aromatic nitrogens is 3. The molecule has 0 amide bonds. The Hall–Kier alpha value is -2.21. The third-order valence-electron chi connectivity index (χ3n) is 2.88. The molecule has 0 saturated heterocycles. The van der Waals surface area contributed by atoms with E-state index in [1.807, 2.05) is 31.2 Å². The Kier molecular flexibility index (Phi) is 2.60. The summed E-state index contributed by atoms with van der Waals surface area (Å²) in [6.45, 7) is 3.75. The Balaban J connectivity index is 2.41. The number of nitrogens with one attached hydrogen (secondary N) is 2. The van der Waals surface area contributed by atoms with Gasteiger partial charge in [0.25, 0.3) is 5.56 Å². The topological polar surface area (TPSA) is 74.5 Å². The van der Waals surface area contributed by atoms with Gasteiger partial charge in [-0.1, -0.05) is 29.0 Å². The Bertz CT molecular complexity index is 870. The molecule has 0 radical (unpaired) electrons. The van der Waals surface area contributed by atoms with Crippen molar-refractivity contribution < 1.29 is 0 Å². The highest BCUT2D eigenvalue weighted by atomic mass is 32.1. The molecule has 19 heavy (non-hydrogen) atoms. The summed E-state index contributed by atoms with van der Waals surface area (Å²) in [6.07, 6.45) is 0. The van der Waals surface area contributed by atoms with Gasteiger partial charge in [-0.25, -0.2) is 4.98 Å². The largest absolute Gasteiger partial charge is 0.309 e. The van der Waals surface area contributed by atoms with Crippen LogP contribution in [-0.4, -0.2) is 14.5 Å². The van der Waals surface area contributed by atoms with Crippen molar-refractivity contribution in [1.29, 1.82) is 5.41 Å². The van der Waals surface area contributed by atoms with Crippen LogP contribution in [0, 0.1) is 19.3 Å². The van der Waals surface area contributed by atoms with Gasteiger partial charge in [-0.05, 0) is 26.0 Å². The van der Waals surface area contributed by atoms with Crippen LogP contribution in [0.15, 0.2) is 29.1 Å². The van der Waals surface area contributed by atoms with Crippen molar-refractivity contribution in [1.82, 2.24) is 14.5 Å². The molecule has 0 saturated carbocycles. The highest BCUT2D eigenvalue weighted by molar-refractivity contribution is 7.16. The molecule has 2 aromatic heterocycles. The van der Waals surface area contributed by atoms with Crippen LogP contribution in [-0.2, 0) is 0 Å². The first kappa shape index (κ1) is 11.9. The van der Waals surface area contributed by atoms with Gasteiger partial charge in [-0.2, -0.15) is 0 Å². The minimum absolute atomic E-state index is 0.188. The zero-order valence-electron chi connectivity index (χ0n) is 10.5. The maximum absolute atomic E-state index is 11.9. The summed E-state index contributed by atoms with van der Waals surface area (Å²) < 4.78 is 2.18. The van der Waals surface area contributed by atoms with Crippen molar-refractivity contribution in [3.8, 4) is 5.69 Å². The molecule has 0 bridgehead atoms. The SMILES string of the molecule is Cc1ccc(-n2c(=N)sc3c(=O)[nH]c(C)nc32)cc1. The van der Waals surface area contributed by atoms with E-state index in [-0.39, 0.29) is 5.56 Å². The van der Waals surface area contributed by atoms with E-state index in [1.165, 1.54) is 0 Å². The molecule has 0 atom stereocenters. The predicted molar refractivity (Wildman–Crippen MR) is 74.9 cm³/mol. The fourth-order valence-corrected chi connectivity index (χ4v) is 2.82. The molecule has 0 aliphatic heterocycles. The average Bonchev–Trinajstić information content (AvgIpc) is 2.67. The van der Waals surface area contributed by atoms with E-state index in [1.54, 1.807) is 11.5 Å². The van der Waals surface area contributed by atoms with Crippen molar-refractivity contribution >= 4 is 21.7 Å². The summed E-state index contributed by atoms with van der Waals surface area (Å²) in [5.41, 5.74) is 2.35. The van der Waals surface area contributed by atoms with Crippen LogP contribution < -0.4 is 10.4 Å². The number of aryl methyl sites for hydroxylation is 2. The molecule has 0 aliphatic carbocycles. The number of fused-ring (bicyclic) bond motifs is 1. The van der Waals surface area contributed by atoms with Gasteiger partial charge in [-0.15, -0.1) is 0 Å². The van der Waals surface area contributed by atoms with Crippen LogP contribution in [0.2, 0.25) is 0 Å². The number of nitrogens with zero attached hydrogens (tertiary/aromatic N) is 2. The summed E-state index contributed by atoms with van der Waals surface area (Å²) in [6, 6.07) is 7.81. The minimum Gasteiger partial charge on any atom is -0.309 e. The van der Waals surface area contributed by atoms with E-state index in [4.69, 9.17) is 5.41 Å². The molecule has 3 rings (SSSR count). The maximum atomic E-state index is 11.9. The van der Waals surface area contributed by atoms with E-state index in [0.717, 1.165) is 22.6 Å². The molecule has 96 valence electrons. The highest BCUT2D eigenvalue weighted by Gasteiger charge is 2.12. The number of rotatable bonds is 1. The zero-order valence-corrected chi connectivity index (χ0v) is 11.3. The zero-order chi connectivity index (χ0) is 13.6. The van der Waals surface area contributed by atoms with Gasteiger partial charge in [0.05, 0.1) is 0 Å². The fourth-order valence-electron chi connectivity index (χ4n) is 1.98. The first-order valence-electron chi connectivity index (χ1n) is 5.80. The normalized spacial score (nSPS) is 11.1. The van der Waals surface area contributed by atoms with Crippen molar-refractivity contribution in [2.45, 2.75) is 13.8 Å². The molecule has 0 spiro atoms. The van der Waals surface area contributed by atoms with E-state index in [2.05, 4.69) is 9.97 Å². The van der Waals surface area contributed by atoms with Gasteiger partial charge < -0.3 is 4.98 Å². The Morgan fingerprint density at radius 2 is 1.95 bits per heavy atom. The van der Waals surface area contributed by atoms with E-state index < -0.39 is 0 Å². The molecule has 6 heteroatoms.